The summed E-state index contributed by atoms with van der Waals surface area (Å²) in [6, 6.07) is 2.41. The number of nitrogens with zero attached hydrogens (tertiary/aromatic N) is 4. The monoisotopic (exact) mass is 278 g/mol. The first kappa shape index (κ1) is 12.7. The second-order valence-corrected chi connectivity index (χ2v) is 6.33. The predicted octanol–water partition coefficient (Wildman–Crippen LogP) is 2.87. The van der Waals surface area contributed by atoms with Crippen LogP contribution in [0.4, 0.5) is 0 Å². The van der Waals surface area contributed by atoms with Crippen LogP contribution in [0.3, 0.4) is 0 Å². The zero-order valence-electron chi connectivity index (χ0n) is 11.3. The fraction of sp³-hybridized carbons (Fsp3) is 0.615. The summed E-state index contributed by atoms with van der Waals surface area (Å²) in [6.07, 6.45) is 3.64. The topological polar surface area (TPSA) is 55.1 Å². The van der Waals surface area contributed by atoms with Crippen molar-refractivity contribution in [3.8, 4) is 0 Å². The Balaban J connectivity index is 1.77. The highest BCUT2D eigenvalue weighted by Gasteiger charge is 2.27. The van der Waals surface area contributed by atoms with Crippen molar-refractivity contribution >= 4 is 11.3 Å². The van der Waals surface area contributed by atoms with Crippen LogP contribution in [-0.4, -0.2) is 26.8 Å². The quantitative estimate of drug-likeness (QED) is 0.864. The standard InChI is InChI=1S/C13H18N4OS/c1-9-7-11(16-18-9)12-5-3-4-6-17(12)8-13-15-14-10(2)19-13/h7,12H,3-6,8H2,1-2H3. The highest BCUT2D eigenvalue weighted by Crippen LogP contribution is 2.32. The molecule has 1 aliphatic rings. The van der Waals surface area contributed by atoms with Crippen LogP contribution in [0.25, 0.3) is 0 Å². The van der Waals surface area contributed by atoms with E-state index in [2.05, 4.69) is 20.3 Å². The molecule has 0 saturated carbocycles. The minimum absolute atomic E-state index is 0.357. The maximum Gasteiger partial charge on any atom is 0.133 e. The normalized spacial score (nSPS) is 20.8. The Labute approximate surface area is 116 Å². The van der Waals surface area contributed by atoms with Crippen LogP contribution < -0.4 is 0 Å². The third kappa shape index (κ3) is 2.84. The van der Waals surface area contributed by atoms with Crippen LogP contribution in [0.1, 0.15) is 46.8 Å². The number of hydrogen-bond acceptors (Lipinski definition) is 6. The summed E-state index contributed by atoms with van der Waals surface area (Å²) in [7, 11) is 0. The number of piperidine rings is 1. The summed E-state index contributed by atoms with van der Waals surface area (Å²) in [6.45, 7) is 5.89. The van der Waals surface area contributed by atoms with E-state index in [9.17, 15) is 0 Å². The highest BCUT2D eigenvalue weighted by atomic mass is 32.1. The van der Waals surface area contributed by atoms with Gasteiger partial charge < -0.3 is 4.52 Å². The minimum Gasteiger partial charge on any atom is -0.361 e. The SMILES string of the molecule is Cc1cc(C2CCCCN2Cc2nnc(C)s2)no1. The molecule has 1 unspecified atom stereocenters. The van der Waals surface area contributed by atoms with Crippen molar-refractivity contribution in [2.24, 2.45) is 0 Å². The Morgan fingerprint density at radius 1 is 1.37 bits per heavy atom. The Morgan fingerprint density at radius 2 is 2.26 bits per heavy atom. The molecule has 5 nitrogen and oxygen atoms in total. The molecule has 1 fully saturated rings. The van der Waals surface area contributed by atoms with Crippen molar-refractivity contribution in [3.63, 3.8) is 0 Å². The average Bonchev–Trinajstić information content (AvgIpc) is 2.99. The second-order valence-electron chi connectivity index (χ2n) is 5.06. The van der Waals surface area contributed by atoms with Crippen LogP contribution in [-0.2, 0) is 6.54 Å². The number of likely N-dealkylation sites (tertiary alicyclic amines) is 1. The molecule has 3 rings (SSSR count). The molecule has 2 aromatic rings. The molecule has 0 radical (unpaired) electrons. The van der Waals surface area contributed by atoms with Crippen molar-refractivity contribution in [3.05, 3.63) is 27.5 Å². The lowest BCUT2D eigenvalue weighted by molar-refractivity contribution is 0.133. The van der Waals surface area contributed by atoms with E-state index in [1.54, 1.807) is 11.3 Å². The third-order valence-corrected chi connectivity index (χ3v) is 4.33. The number of rotatable bonds is 3. The molecule has 0 N–H and O–H groups in total. The maximum atomic E-state index is 5.22. The van der Waals surface area contributed by atoms with Crippen molar-refractivity contribution in [2.75, 3.05) is 6.54 Å². The van der Waals surface area contributed by atoms with E-state index in [1.807, 2.05) is 19.9 Å². The minimum atomic E-state index is 0.357. The smallest absolute Gasteiger partial charge is 0.133 e. The molecular formula is C13H18N4OS. The molecule has 3 heterocycles. The number of aromatic nitrogens is 3. The number of hydrogen-bond donors (Lipinski definition) is 0. The van der Waals surface area contributed by atoms with Crippen LogP contribution >= 0.6 is 11.3 Å². The van der Waals surface area contributed by atoms with Gasteiger partial charge in [-0.3, -0.25) is 4.90 Å². The van der Waals surface area contributed by atoms with Gasteiger partial charge in [0, 0.05) is 6.07 Å². The summed E-state index contributed by atoms with van der Waals surface area (Å²) < 4.78 is 5.22. The van der Waals surface area contributed by atoms with Gasteiger partial charge >= 0.3 is 0 Å². The van der Waals surface area contributed by atoms with Gasteiger partial charge in [0.05, 0.1) is 12.6 Å². The zero-order chi connectivity index (χ0) is 13.2. The van der Waals surface area contributed by atoms with Gasteiger partial charge in [-0.25, -0.2) is 0 Å². The van der Waals surface area contributed by atoms with Crippen LogP contribution in [0, 0.1) is 13.8 Å². The van der Waals surface area contributed by atoms with Crippen molar-refractivity contribution in [2.45, 2.75) is 45.7 Å². The molecule has 6 heteroatoms. The first-order valence-corrected chi connectivity index (χ1v) is 7.50. The summed E-state index contributed by atoms with van der Waals surface area (Å²) in [5.74, 6) is 0.882. The Kier molecular flexibility index (Phi) is 3.61. The average molecular weight is 278 g/mol. The van der Waals surface area contributed by atoms with E-state index in [1.165, 1.54) is 12.8 Å². The van der Waals surface area contributed by atoms with Gasteiger partial charge in [0.25, 0.3) is 0 Å². The summed E-state index contributed by atoms with van der Waals surface area (Å²) >= 11 is 1.68. The molecule has 0 aliphatic carbocycles. The van der Waals surface area contributed by atoms with E-state index < -0.39 is 0 Å². The van der Waals surface area contributed by atoms with E-state index in [0.29, 0.717) is 6.04 Å². The summed E-state index contributed by atoms with van der Waals surface area (Å²) in [5.41, 5.74) is 1.05. The second kappa shape index (κ2) is 5.38. The molecule has 1 atom stereocenters. The van der Waals surface area contributed by atoms with Crippen LogP contribution in [0.5, 0.6) is 0 Å². The Morgan fingerprint density at radius 3 is 2.95 bits per heavy atom. The first-order valence-electron chi connectivity index (χ1n) is 6.68. The van der Waals surface area contributed by atoms with Gasteiger partial charge in [0.2, 0.25) is 0 Å². The molecule has 0 spiro atoms. The number of aryl methyl sites for hydroxylation is 2. The molecule has 1 saturated heterocycles. The Bertz CT molecular complexity index is 550. The largest absolute Gasteiger partial charge is 0.361 e. The van der Waals surface area contributed by atoms with Crippen molar-refractivity contribution < 1.29 is 4.52 Å². The molecule has 0 amide bonds. The van der Waals surface area contributed by atoms with Gasteiger partial charge in [0.15, 0.2) is 0 Å². The first-order chi connectivity index (χ1) is 9.22. The van der Waals surface area contributed by atoms with E-state index in [0.717, 1.165) is 41.0 Å². The lowest BCUT2D eigenvalue weighted by atomic mass is 9.99. The fourth-order valence-corrected chi connectivity index (χ4v) is 3.37. The predicted molar refractivity (Wildman–Crippen MR) is 72.9 cm³/mol. The van der Waals surface area contributed by atoms with Gasteiger partial charge in [0.1, 0.15) is 21.5 Å². The lowest BCUT2D eigenvalue weighted by Crippen LogP contribution is -2.33. The highest BCUT2D eigenvalue weighted by molar-refractivity contribution is 7.11. The molecule has 19 heavy (non-hydrogen) atoms. The maximum absolute atomic E-state index is 5.22. The van der Waals surface area contributed by atoms with Crippen LogP contribution in [0.15, 0.2) is 10.6 Å². The molecule has 2 aromatic heterocycles. The molecular weight excluding hydrogens is 260 g/mol. The van der Waals surface area contributed by atoms with Crippen molar-refractivity contribution in [1.29, 1.82) is 0 Å². The van der Waals surface area contributed by atoms with Crippen LogP contribution in [0.2, 0.25) is 0 Å². The van der Waals surface area contributed by atoms with Crippen molar-refractivity contribution in [1.82, 2.24) is 20.3 Å². The lowest BCUT2D eigenvalue weighted by Gasteiger charge is -2.33. The van der Waals surface area contributed by atoms with Gasteiger partial charge in [-0.2, -0.15) is 0 Å². The third-order valence-electron chi connectivity index (χ3n) is 3.51. The molecule has 1 aliphatic heterocycles. The fourth-order valence-electron chi connectivity index (χ4n) is 2.63. The van der Waals surface area contributed by atoms with E-state index in [4.69, 9.17) is 4.52 Å². The summed E-state index contributed by atoms with van der Waals surface area (Å²) in [4.78, 5) is 2.45. The zero-order valence-corrected chi connectivity index (χ0v) is 12.1. The molecule has 0 aromatic carbocycles. The molecule has 0 bridgehead atoms. The van der Waals surface area contributed by atoms with Gasteiger partial charge in [-0.05, 0) is 33.2 Å². The van der Waals surface area contributed by atoms with E-state index >= 15 is 0 Å². The molecule has 102 valence electrons. The summed E-state index contributed by atoms with van der Waals surface area (Å²) in [5, 5.41) is 14.6. The van der Waals surface area contributed by atoms with E-state index in [-0.39, 0.29) is 0 Å². The van der Waals surface area contributed by atoms with Gasteiger partial charge in [-0.15, -0.1) is 21.5 Å². The Hall–Kier alpha value is -1.27. The van der Waals surface area contributed by atoms with Gasteiger partial charge in [-0.1, -0.05) is 11.6 Å².